The highest BCUT2D eigenvalue weighted by Gasteiger charge is 2.17. The van der Waals surface area contributed by atoms with Crippen LogP contribution in [0.25, 0.3) is 22.1 Å². The van der Waals surface area contributed by atoms with Crippen LogP contribution in [0.5, 0.6) is 0 Å². The first-order valence-corrected chi connectivity index (χ1v) is 10.7. The molecule has 178 valence electrons. The number of fused-ring (bicyclic) bond motifs is 1. The number of benzene rings is 2. The van der Waals surface area contributed by atoms with Crippen molar-refractivity contribution in [2.24, 2.45) is 0 Å². The van der Waals surface area contributed by atoms with Crippen molar-refractivity contribution in [3.05, 3.63) is 90.8 Å². The van der Waals surface area contributed by atoms with E-state index < -0.39 is 34.3 Å². The molecule has 0 saturated heterocycles. The number of halogens is 1. The zero-order valence-electron chi connectivity index (χ0n) is 19.1. The number of aryl methyl sites for hydroxylation is 1. The van der Waals surface area contributed by atoms with Gasteiger partial charge in [-0.1, -0.05) is 13.8 Å². The molecule has 4 aromatic rings. The average Bonchev–Trinajstić information content (AvgIpc) is 3.17. The number of rotatable bonds is 5. The average molecular weight is 469 g/mol. The van der Waals surface area contributed by atoms with Gasteiger partial charge in [0.05, 0.1) is 22.4 Å². The maximum Gasteiger partial charge on any atom is 0.350 e. The molecular formula is C23H24FN5O5. The molecule has 1 N–H and O–H groups in total. The molecule has 2 aromatic carbocycles. The van der Waals surface area contributed by atoms with Crippen molar-refractivity contribution >= 4 is 16.5 Å². The molecule has 0 radical (unpaired) electrons. The predicted molar refractivity (Wildman–Crippen MR) is 125 cm³/mol. The van der Waals surface area contributed by atoms with Crippen LogP contribution in [0.2, 0.25) is 0 Å². The zero-order valence-corrected chi connectivity index (χ0v) is 19.1. The Morgan fingerprint density at radius 1 is 1.12 bits per heavy atom. The number of nitro groups is 1. The Hall–Kier alpha value is -4.12. The first-order chi connectivity index (χ1) is 16.3. The van der Waals surface area contributed by atoms with Crippen LogP contribution in [-0.2, 0) is 13.2 Å². The Bertz CT molecular complexity index is 1500. The van der Waals surface area contributed by atoms with Crippen LogP contribution in [0.1, 0.15) is 32.2 Å². The van der Waals surface area contributed by atoms with E-state index in [4.69, 9.17) is 0 Å². The number of aromatic nitrogens is 4. The molecule has 0 bridgehead atoms. The zero-order chi connectivity index (χ0) is 25.2. The molecule has 4 rings (SSSR count). The van der Waals surface area contributed by atoms with E-state index in [1.807, 2.05) is 13.8 Å². The smallest absolute Gasteiger partial charge is 0.350 e. The second-order valence-corrected chi connectivity index (χ2v) is 7.12. The van der Waals surface area contributed by atoms with Crippen molar-refractivity contribution in [3.63, 3.8) is 0 Å². The van der Waals surface area contributed by atoms with Crippen molar-refractivity contribution in [3.8, 4) is 11.4 Å². The second kappa shape index (κ2) is 9.79. The molecule has 0 saturated carbocycles. The quantitative estimate of drug-likeness (QED) is 0.353. The van der Waals surface area contributed by atoms with Gasteiger partial charge < -0.3 is 5.11 Å². The monoisotopic (exact) mass is 469 g/mol. The van der Waals surface area contributed by atoms with Gasteiger partial charge in [0, 0.05) is 24.2 Å². The van der Waals surface area contributed by atoms with Crippen LogP contribution >= 0.6 is 0 Å². The van der Waals surface area contributed by atoms with Crippen LogP contribution < -0.4 is 11.2 Å². The van der Waals surface area contributed by atoms with E-state index in [-0.39, 0.29) is 16.9 Å². The Labute approximate surface area is 193 Å². The summed E-state index contributed by atoms with van der Waals surface area (Å²) in [6, 6.07) is 7.74. The van der Waals surface area contributed by atoms with Crippen molar-refractivity contribution in [1.82, 2.24) is 18.9 Å². The molecular weight excluding hydrogens is 445 g/mol. The summed E-state index contributed by atoms with van der Waals surface area (Å²) in [7, 11) is 0. The number of hydrogen-bond acceptors (Lipinski definition) is 6. The number of pyridine rings is 1. The van der Waals surface area contributed by atoms with E-state index >= 15 is 0 Å². The summed E-state index contributed by atoms with van der Waals surface area (Å²) in [6.07, 6.45) is 1.44. The molecule has 34 heavy (non-hydrogen) atoms. The van der Waals surface area contributed by atoms with Crippen LogP contribution in [0, 0.1) is 22.9 Å². The van der Waals surface area contributed by atoms with Gasteiger partial charge in [-0.3, -0.25) is 24.0 Å². The lowest BCUT2D eigenvalue weighted by atomic mass is 10.1. The SMILES string of the molecule is CC.CCn1c(CO)nn(-c2ccc3c(=O)n(-c4ccc([N+](=O)[O-])cc4F)cc(C)c3c2)c1=O. The molecule has 0 fully saturated rings. The number of nitro benzene ring substituents is 1. The van der Waals surface area contributed by atoms with Gasteiger partial charge in [-0.25, -0.2) is 9.18 Å². The summed E-state index contributed by atoms with van der Waals surface area (Å²) in [4.78, 5) is 35.8. The maximum absolute atomic E-state index is 14.5. The fourth-order valence-electron chi connectivity index (χ4n) is 3.65. The fourth-order valence-corrected chi connectivity index (χ4v) is 3.65. The molecule has 11 heteroatoms. The van der Waals surface area contributed by atoms with Crippen LogP contribution in [0.4, 0.5) is 10.1 Å². The van der Waals surface area contributed by atoms with Gasteiger partial charge in [0.15, 0.2) is 11.6 Å². The summed E-state index contributed by atoms with van der Waals surface area (Å²) in [6.45, 7) is 7.43. The van der Waals surface area contributed by atoms with Gasteiger partial charge >= 0.3 is 5.69 Å². The maximum atomic E-state index is 14.5. The number of aliphatic hydroxyl groups excluding tert-OH is 1. The van der Waals surface area contributed by atoms with Crippen LogP contribution in [0.15, 0.2) is 52.2 Å². The highest BCUT2D eigenvalue weighted by molar-refractivity contribution is 5.86. The standard InChI is InChI=1S/C21H18FN5O5.C2H6/c1-3-24-19(11-28)23-26(21(24)30)13-4-6-15-16(8-13)12(2)10-25(20(15)29)18-7-5-14(27(31)32)9-17(18)22;1-2/h4-10,28H,3,11H2,1-2H3;1-2H3. The summed E-state index contributed by atoms with van der Waals surface area (Å²) in [5.41, 5.74) is -0.446. The second-order valence-electron chi connectivity index (χ2n) is 7.12. The van der Waals surface area contributed by atoms with Gasteiger partial charge in [0.2, 0.25) is 0 Å². The number of non-ortho nitro benzene ring substituents is 1. The first-order valence-electron chi connectivity index (χ1n) is 10.7. The van der Waals surface area contributed by atoms with E-state index in [9.17, 15) is 29.2 Å². The summed E-state index contributed by atoms with van der Waals surface area (Å²) in [5, 5.41) is 25.3. The lowest BCUT2D eigenvalue weighted by molar-refractivity contribution is -0.385. The highest BCUT2D eigenvalue weighted by Crippen LogP contribution is 2.23. The van der Waals surface area contributed by atoms with E-state index in [1.54, 1.807) is 19.9 Å². The minimum absolute atomic E-state index is 0.111. The fraction of sp³-hybridized carbons (Fsp3) is 0.261. The Morgan fingerprint density at radius 2 is 1.82 bits per heavy atom. The molecule has 0 aliphatic carbocycles. The summed E-state index contributed by atoms with van der Waals surface area (Å²) < 4.78 is 18.1. The molecule has 0 spiro atoms. The van der Waals surface area contributed by atoms with Crippen molar-refractivity contribution < 1.29 is 14.4 Å². The van der Waals surface area contributed by atoms with Crippen LogP contribution in [-0.4, -0.2) is 28.9 Å². The third-order valence-corrected chi connectivity index (χ3v) is 5.24. The molecule has 0 aliphatic heterocycles. The summed E-state index contributed by atoms with van der Waals surface area (Å²) >= 11 is 0. The number of nitrogens with zero attached hydrogens (tertiary/aromatic N) is 5. The van der Waals surface area contributed by atoms with Gasteiger partial charge in [0.25, 0.3) is 11.2 Å². The molecule has 0 unspecified atom stereocenters. The van der Waals surface area contributed by atoms with E-state index in [2.05, 4.69) is 5.10 Å². The Kier molecular flexibility index (Phi) is 7.06. The molecule has 0 aliphatic rings. The molecule has 2 aromatic heterocycles. The molecule has 0 amide bonds. The van der Waals surface area contributed by atoms with Crippen molar-refractivity contribution in [2.45, 2.75) is 40.8 Å². The lowest BCUT2D eigenvalue weighted by Crippen LogP contribution is -2.24. The minimum Gasteiger partial charge on any atom is -0.388 e. The van der Waals surface area contributed by atoms with E-state index in [0.717, 1.165) is 21.4 Å². The third-order valence-electron chi connectivity index (χ3n) is 5.24. The Balaban J connectivity index is 0.00000158. The van der Waals surface area contributed by atoms with Gasteiger partial charge in [0.1, 0.15) is 6.61 Å². The lowest BCUT2D eigenvalue weighted by Gasteiger charge is -2.12. The highest BCUT2D eigenvalue weighted by atomic mass is 19.1. The minimum atomic E-state index is -0.898. The predicted octanol–water partition coefficient (Wildman–Crippen LogP) is 3.23. The molecule has 2 heterocycles. The van der Waals surface area contributed by atoms with Gasteiger partial charge in [-0.2, -0.15) is 4.68 Å². The number of hydrogen-bond donors (Lipinski definition) is 1. The van der Waals surface area contributed by atoms with Crippen molar-refractivity contribution in [1.29, 1.82) is 0 Å². The largest absolute Gasteiger partial charge is 0.388 e. The normalized spacial score (nSPS) is 10.8. The molecule has 0 atom stereocenters. The van der Waals surface area contributed by atoms with Crippen LogP contribution in [0.3, 0.4) is 0 Å². The first kappa shape index (κ1) is 24.5. The van der Waals surface area contributed by atoms with E-state index in [0.29, 0.717) is 23.2 Å². The van der Waals surface area contributed by atoms with E-state index in [1.165, 1.54) is 29.0 Å². The Morgan fingerprint density at radius 3 is 2.38 bits per heavy atom. The summed E-state index contributed by atoms with van der Waals surface area (Å²) in [5.74, 6) is -0.678. The van der Waals surface area contributed by atoms with Crippen molar-refractivity contribution in [2.75, 3.05) is 0 Å². The third kappa shape index (κ3) is 4.13. The molecule has 10 nitrogen and oxygen atoms in total. The number of aliphatic hydroxyl groups is 1. The topological polar surface area (TPSA) is 125 Å². The van der Waals surface area contributed by atoms with Gasteiger partial charge in [-0.15, -0.1) is 5.10 Å². The van der Waals surface area contributed by atoms with Gasteiger partial charge in [-0.05, 0) is 49.1 Å².